The molecular formula is C29H33N5O4S. The van der Waals surface area contributed by atoms with Crippen molar-refractivity contribution in [1.82, 2.24) is 19.4 Å². The average Bonchev–Trinajstić information content (AvgIpc) is 3.38. The number of hydrogen-bond donors (Lipinski definition) is 1. The second kappa shape index (κ2) is 12.8. The molecule has 0 radical (unpaired) electrons. The standard InChI is InChI=1S/C29H33N5O4S/c1-22-9-7-15-33(20-22)39(36,37)27-13-6-10-23(18-27)28-25(21-34(32-28)26-11-4-3-5-12-26)17-24(19-30)29(35)31-14-8-16-38-2/h3-6,10-13,17-18,21-22H,7-9,14-16,20H2,1-2H3,(H,31,35)/b24-17+/t22-/m1/s1. The van der Waals surface area contributed by atoms with Crippen LogP contribution in [0.5, 0.6) is 0 Å². The summed E-state index contributed by atoms with van der Waals surface area (Å²) in [4.78, 5) is 12.9. The van der Waals surface area contributed by atoms with Gasteiger partial charge in [0.15, 0.2) is 0 Å². The Bertz CT molecular complexity index is 1470. The average molecular weight is 548 g/mol. The number of nitrogens with zero attached hydrogens (tertiary/aromatic N) is 4. The maximum Gasteiger partial charge on any atom is 0.261 e. The molecule has 2 aromatic carbocycles. The lowest BCUT2D eigenvalue weighted by molar-refractivity contribution is -0.117. The number of aromatic nitrogens is 2. The summed E-state index contributed by atoms with van der Waals surface area (Å²) in [5, 5.41) is 17.2. The monoisotopic (exact) mass is 547 g/mol. The van der Waals surface area contributed by atoms with Gasteiger partial charge in [0.05, 0.1) is 10.6 Å². The van der Waals surface area contributed by atoms with E-state index in [1.54, 1.807) is 46.6 Å². The molecule has 4 rings (SSSR count). The molecular weight excluding hydrogens is 514 g/mol. The lowest BCUT2D eigenvalue weighted by Gasteiger charge is -2.30. The van der Waals surface area contributed by atoms with Crippen molar-refractivity contribution in [3.8, 4) is 23.0 Å². The molecule has 9 nitrogen and oxygen atoms in total. The van der Waals surface area contributed by atoms with Crippen LogP contribution in [0.1, 0.15) is 31.7 Å². The first-order chi connectivity index (χ1) is 18.8. The van der Waals surface area contributed by atoms with E-state index < -0.39 is 15.9 Å². The highest BCUT2D eigenvalue weighted by Gasteiger charge is 2.29. The fourth-order valence-corrected chi connectivity index (χ4v) is 6.21. The van der Waals surface area contributed by atoms with Crippen LogP contribution < -0.4 is 5.32 Å². The van der Waals surface area contributed by atoms with Gasteiger partial charge in [0.25, 0.3) is 5.91 Å². The summed E-state index contributed by atoms with van der Waals surface area (Å²) < 4.78 is 35.1. The van der Waals surface area contributed by atoms with Crippen LogP contribution in [0.3, 0.4) is 0 Å². The number of piperidine rings is 1. The van der Waals surface area contributed by atoms with E-state index in [2.05, 4.69) is 12.2 Å². The number of carbonyl (C=O) groups is 1. The quantitative estimate of drug-likeness (QED) is 0.233. The molecule has 0 unspecified atom stereocenters. The molecule has 1 saturated heterocycles. The second-order valence-electron chi connectivity index (χ2n) is 9.62. The van der Waals surface area contributed by atoms with E-state index in [1.165, 1.54) is 6.08 Å². The zero-order valence-electron chi connectivity index (χ0n) is 22.2. The van der Waals surface area contributed by atoms with Crippen molar-refractivity contribution in [3.63, 3.8) is 0 Å². The van der Waals surface area contributed by atoms with Crippen molar-refractivity contribution in [2.45, 2.75) is 31.1 Å². The van der Waals surface area contributed by atoms with Crippen molar-refractivity contribution in [2.24, 2.45) is 5.92 Å². The van der Waals surface area contributed by atoms with Gasteiger partial charge < -0.3 is 10.1 Å². The highest BCUT2D eigenvalue weighted by Crippen LogP contribution is 2.30. The van der Waals surface area contributed by atoms with Gasteiger partial charge in [-0.1, -0.05) is 37.3 Å². The largest absolute Gasteiger partial charge is 0.385 e. The van der Waals surface area contributed by atoms with Crippen LogP contribution in [-0.2, 0) is 19.6 Å². The summed E-state index contributed by atoms with van der Waals surface area (Å²) in [6.45, 7) is 3.92. The number of methoxy groups -OCH3 is 1. The van der Waals surface area contributed by atoms with Crippen LogP contribution in [-0.4, -0.2) is 61.8 Å². The number of carbonyl (C=O) groups excluding carboxylic acids is 1. The Balaban J connectivity index is 1.74. The summed E-state index contributed by atoms with van der Waals surface area (Å²) in [6.07, 6.45) is 5.69. The molecule has 0 aliphatic carbocycles. The molecule has 0 spiro atoms. The highest BCUT2D eigenvalue weighted by atomic mass is 32.2. The number of para-hydroxylation sites is 1. The van der Waals surface area contributed by atoms with Crippen molar-refractivity contribution in [1.29, 1.82) is 5.26 Å². The van der Waals surface area contributed by atoms with E-state index in [4.69, 9.17) is 9.84 Å². The Morgan fingerprint density at radius 3 is 2.74 bits per heavy atom. The Hall–Kier alpha value is -3.78. The minimum Gasteiger partial charge on any atom is -0.385 e. The van der Waals surface area contributed by atoms with Gasteiger partial charge in [-0.15, -0.1) is 0 Å². The third kappa shape index (κ3) is 6.81. The predicted octanol–water partition coefficient (Wildman–Crippen LogP) is 4.02. The van der Waals surface area contributed by atoms with E-state index in [-0.39, 0.29) is 10.5 Å². The summed E-state index contributed by atoms with van der Waals surface area (Å²) in [5.74, 6) is -0.192. The maximum absolute atomic E-state index is 13.5. The normalized spacial score (nSPS) is 16.5. The van der Waals surface area contributed by atoms with Crippen molar-refractivity contribution in [2.75, 3.05) is 33.4 Å². The molecule has 3 aromatic rings. The van der Waals surface area contributed by atoms with Crippen molar-refractivity contribution in [3.05, 3.63) is 71.9 Å². The fourth-order valence-electron chi connectivity index (χ4n) is 4.57. The fraction of sp³-hybridized carbons (Fsp3) is 0.345. The Morgan fingerprint density at radius 2 is 2.03 bits per heavy atom. The number of rotatable bonds is 10. The Labute approximate surface area is 229 Å². The molecule has 1 N–H and O–H groups in total. The third-order valence-corrected chi connectivity index (χ3v) is 8.47. The molecule has 1 amide bonds. The Kier molecular flexibility index (Phi) is 9.30. The van der Waals surface area contributed by atoms with Crippen LogP contribution in [0.2, 0.25) is 0 Å². The molecule has 0 saturated carbocycles. The minimum atomic E-state index is -3.68. The number of hydrogen-bond acceptors (Lipinski definition) is 6. The molecule has 2 heterocycles. The first kappa shape index (κ1) is 28.2. The molecule has 1 fully saturated rings. The van der Waals surface area contributed by atoms with E-state index in [9.17, 15) is 18.5 Å². The van der Waals surface area contributed by atoms with Gasteiger partial charge in [0.1, 0.15) is 17.3 Å². The number of amides is 1. The van der Waals surface area contributed by atoms with Gasteiger partial charge in [-0.05, 0) is 55.5 Å². The van der Waals surface area contributed by atoms with Crippen LogP contribution >= 0.6 is 0 Å². The van der Waals surface area contributed by atoms with Gasteiger partial charge >= 0.3 is 0 Å². The molecule has 10 heteroatoms. The van der Waals surface area contributed by atoms with Crippen LogP contribution in [0.25, 0.3) is 23.0 Å². The van der Waals surface area contributed by atoms with Crippen LogP contribution in [0.15, 0.2) is 71.3 Å². The first-order valence-electron chi connectivity index (χ1n) is 13.0. The van der Waals surface area contributed by atoms with Crippen molar-refractivity contribution >= 4 is 22.0 Å². The van der Waals surface area contributed by atoms with Gasteiger partial charge in [-0.2, -0.15) is 14.7 Å². The van der Waals surface area contributed by atoms with Gasteiger partial charge in [0.2, 0.25) is 10.0 Å². The van der Waals surface area contributed by atoms with Crippen LogP contribution in [0.4, 0.5) is 0 Å². The van der Waals surface area contributed by atoms with E-state index in [0.29, 0.717) is 55.4 Å². The third-order valence-electron chi connectivity index (χ3n) is 6.60. The molecule has 1 aliphatic heterocycles. The molecule has 1 aliphatic rings. The Morgan fingerprint density at radius 1 is 1.23 bits per heavy atom. The lowest BCUT2D eigenvalue weighted by atomic mass is 10.0. The predicted molar refractivity (Wildman–Crippen MR) is 149 cm³/mol. The van der Waals surface area contributed by atoms with Gasteiger partial charge in [-0.25, -0.2) is 13.1 Å². The molecule has 0 bridgehead atoms. The van der Waals surface area contributed by atoms with Gasteiger partial charge in [0, 0.05) is 50.7 Å². The minimum absolute atomic E-state index is 0.0765. The smallest absolute Gasteiger partial charge is 0.261 e. The van der Waals surface area contributed by atoms with Crippen molar-refractivity contribution < 1.29 is 17.9 Å². The van der Waals surface area contributed by atoms with E-state index >= 15 is 0 Å². The lowest BCUT2D eigenvalue weighted by Crippen LogP contribution is -2.39. The molecule has 1 atom stereocenters. The van der Waals surface area contributed by atoms with E-state index in [0.717, 1.165) is 18.5 Å². The summed E-state index contributed by atoms with van der Waals surface area (Å²) in [7, 11) is -2.10. The number of benzene rings is 2. The van der Waals surface area contributed by atoms with E-state index in [1.807, 2.05) is 36.4 Å². The molecule has 1 aromatic heterocycles. The first-order valence-corrected chi connectivity index (χ1v) is 14.4. The number of nitriles is 1. The zero-order chi connectivity index (χ0) is 27.8. The van der Waals surface area contributed by atoms with Gasteiger partial charge in [-0.3, -0.25) is 4.79 Å². The number of nitrogens with one attached hydrogen (secondary N) is 1. The zero-order valence-corrected chi connectivity index (χ0v) is 23.0. The molecule has 39 heavy (non-hydrogen) atoms. The summed E-state index contributed by atoms with van der Waals surface area (Å²) >= 11 is 0. The summed E-state index contributed by atoms with van der Waals surface area (Å²) in [5.41, 5.74) is 2.26. The number of ether oxygens (including phenoxy) is 1. The topological polar surface area (TPSA) is 117 Å². The number of sulfonamides is 1. The molecule has 204 valence electrons. The SMILES string of the molecule is COCCCNC(=O)/C(C#N)=C/c1cn(-c2ccccc2)nc1-c1cccc(S(=O)(=O)N2CCC[C@@H](C)C2)c1. The summed E-state index contributed by atoms with van der Waals surface area (Å²) in [6, 6.07) is 18.1. The highest BCUT2D eigenvalue weighted by molar-refractivity contribution is 7.89. The maximum atomic E-state index is 13.5. The second-order valence-corrected chi connectivity index (χ2v) is 11.6. The van der Waals surface area contributed by atoms with Crippen LogP contribution in [0, 0.1) is 17.2 Å².